The molecule has 1 aromatic rings. The minimum Gasteiger partial charge on any atom is -0.341 e. The molecular formula is C11H16ClN3. The summed E-state index contributed by atoms with van der Waals surface area (Å²) in [5.74, 6) is 1.34. The lowest BCUT2D eigenvalue weighted by Crippen LogP contribution is -2.25. The van der Waals surface area contributed by atoms with Crippen molar-refractivity contribution < 1.29 is 0 Å². The van der Waals surface area contributed by atoms with Gasteiger partial charge in [-0.2, -0.15) is 0 Å². The van der Waals surface area contributed by atoms with E-state index < -0.39 is 0 Å². The maximum absolute atomic E-state index is 5.70. The molecule has 2 rings (SSSR count). The van der Waals surface area contributed by atoms with Crippen molar-refractivity contribution >= 4 is 17.5 Å². The van der Waals surface area contributed by atoms with Crippen LogP contribution >= 0.6 is 11.6 Å². The molecule has 1 aromatic heterocycles. The van der Waals surface area contributed by atoms with Gasteiger partial charge in [0.2, 0.25) is 5.95 Å². The van der Waals surface area contributed by atoms with Gasteiger partial charge in [0.25, 0.3) is 0 Å². The predicted octanol–water partition coefficient (Wildman–Crippen LogP) is 2.60. The molecule has 15 heavy (non-hydrogen) atoms. The number of halogens is 1. The highest BCUT2D eigenvalue weighted by Gasteiger charge is 2.11. The van der Waals surface area contributed by atoms with E-state index in [2.05, 4.69) is 14.9 Å². The van der Waals surface area contributed by atoms with Crippen molar-refractivity contribution in [2.75, 3.05) is 18.0 Å². The normalized spacial score (nSPS) is 17.5. The molecule has 0 unspecified atom stereocenters. The Balaban J connectivity index is 2.06. The van der Waals surface area contributed by atoms with Crippen molar-refractivity contribution in [1.82, 2.24) is 9.97 Å². The molecule has 2 heterocycles. The Bertz CT molecular complexity index is 291. The van der Waals surface area contributed by atoms with Crippen LogP contribution < -0.4 is 4.90 Å². The smallest absolute Gasteiger partial charge is 0.225 e. The summed E-state index contributed by atoms with van der Waals surface area (Å²) in [5, 5.41) is 0. The molecule has 0 aliphatic carbocycles. The highest BCUT2D eigenvalue weighted by molar-refractivity contribution is 6.17. The molecule has 0 spiro atoms. The van der Waals surface area contributed by atoms with E-state index in [1.165, 1.54) is 25.7 Å². The average Bonchev–Trinajstić information content (AvgIpc) is 2.58. The molecular weight excluding hydrogens is 210 g/mol. The van der Waals surface area contributed by atoms with Crippen LogP contribution in [0.2, 0.25) is 0 Å². The third-order valence-corrected chi connectivity index (χ3v) is 3.04. The van der Waals surface area contributed by atoms with Crippen LogP contribution in [0.5, 0.6) is 0 Å². The summed E-state index contributed by atoms with van der Waals surface area (Å²) in [4.78, 5) is 11.0. The number of hydrogen-bond acceptors (Lipinski definition) is 3. The molecule has 0 N–H and O–H groups in total. The molecule has 1 fully saturated rings. The zero-order chi connectivity index (χ0) is 10.5. The summed E-state index contributed by atoms with van der Waals surface area (Å²) < 4.78 is 0. The molecule has 0 aromatic carbocycles. The lowest BCUT2D eigenvalue weighted by Gasteiger charge is -2.19. The first kappa shape index (κ1) is 10.7. The van der Waals surface area contributed by atoms with E-state index in [0.717, 1.165) is 24.6 Å². The molecule has 0 radical (unpaired) electrons. The molecule has 1 aliphatic heterocycles. The van der Waals surface area contributed by atoms with Crippen LogP contribution in [0.3, 0.4) is 0 Å². The van der Waals surface area contributed by atoms with Gasteiger partial charge in [-0.3, -0.25) is 0 Å². The average molecular weight is 226 g/mol. The number of anilines is 1. The van der Waals surface area contributed by atoms with Gasteiger partial charge in [0.1, 0.15) is 0 Å². The Morgan fingerprint density at radius 3 is 2.20 bits per heavy atom. The molecule has 0 amide bonds. The molecule has 82 valence electrons. The van der Waals surface area contributed by atoms with Gasteiger partial charge in [-0.25, -0.2) is 9.97 Å². The van der Waals surface area contributed by atoms with Crippen LogP contribution in [0.15, 0.2) is 12.4 Å². The molecule has 1 saturated heterocycles. The number of rotatable bonds is 2. The summed E-state index contributed by atoms with van der Waals surface area (Å²) in [5.41, 5.74) is 0.982. The molecule has 3 nitrogen and oxygen atoms in total. The van der Waals surface area contributed by atoms with Crippen LogP contribution in [0.25, 0.3) is 0 Å². The third-order valence-electron chi connectivity index (χ3n) is 2.73. The second kappa shape index (κ2) is 5.31. The number of aromatic nitrogens is 2. The minimum absolute atomic E-state index is 0.486. The lowest BCUT2D eigenvalue weighted by molar-refractivity contribution is 0.726. The summed E-state index contributed by atoms with van der Waals surface area (Å²) in [6, 6.07) is 0. The van der Waals surface area contributed by atoms with E-state index >= 15 is 0 Å². The molecule has 4 heteroatoms. The van der Waals surface area contributed by atoms with Gasteiger partial charge in [-0.05, 0) is 12.8 Å². The van der Waals surface area contributed by atoms with E-state index in [9.17, 15) is 0 Å². The Kier molecular flexibility index (Phi) is 3.78. The summed E-state index contributed by atoms with van der Waals surface area (Å²) in [6.45, 7) is 2.17. The zero-order valence-electron chi connectivity index (χ0n) is 8.82. The number of hydrogen-bond donors (Lipinski definition) is 0. The largest absolute Gasteiger partial charge is 0.341 e. The van der Waals surface area contributed by atoms with Crippen molar-refractivity contribution in [2.24, 2.45) is 0 Å². The molecule has 0 atom stereocenters. The topological polar surface area (TPSA) is 29.0 Å². The van der Waals surface area contributed by atoms with Crippen LogP contribution in [-0.2, 0) is 5.88 Å². The fraction of sp³-hybridized carbons (Fsp3) is 0.636. The Morgan fingerprint density at radius 1 is 1.07 bits per heavy atom. The Labute approximate surface area is 95.5 Å². The predicted molar refractivity (Wildman–Crippen MR) is 62.3 cm³/mol. The summed E-state index contributed by atoms with van der Waals surface area (Å²) >= 11 is 5.70. The van der Waals surface area contributed by atoms with Crippen molar-refractivity contribution in [1.29, 1.82) is 0 Å². The summed E-state index contributed by atoms with van der Waals surface area (Å²) in [7, 11) is 0. The SMILES string of the molecule is ClCc1cnc(N2CCCCCC2)nc1. The van der Waals surface area contributed by atoms with E-state index in [4.69, 9.17) is 11.6 Å². The third kappa shape index (κ3) is 2.81. The van der Waals surface area contributed by atoms with Crippen molar-refractivity contribution in [2.45, 2.75) is 31.6 Å². The molecule has 1 aliphatic rings. The first-order valence-electron chi connectivity index (χ1n) is 5.52. The molecule has 0 saturated carbocycles. The second-order valence-electron chi connectivity index (χ2n) is 3.93. The van der Waals surface area contributed by atoms with Crippen molar-refractivity contribution in [3.8, 4) is 0 Å². The van der Waals surface area contributed by atoms with Gasteiger partial charge in [0.05, 0.1) is 5.88 Å². The maximum Gasteiger partial charge on any atom is 0.225 e. The lowest BCUT2D eigenvalue weighted by atomic mass is 10.2. The zero-order valence-corrected chi connectivity index (χ0v) is 9.58. The molecule has 0 bridgehead atoms. The first-order valence-corrected chi connectivity index (χ1v) is 6.05. The second-order valence-corrected chi connectivity index (χ2v) is 4.19. The quantitative estimate of drug-likeness (QED) is 0.725. The van der Waals surface area contributed by atoms with Crippen LogP contribution in [0, 0.1) is 0 Å². The van der Waals surface area contributed by atoms with Crippen LogP contribution in [-0.4, -0.2) is 23.1 Å². The van der Waals surface area contributed by atoms with Gasteiger partial charge in [-0.15, -0.1) is 11.6 Å². The van der Waals surface area contributed by atoms with E-state index in [1.807, 2.05) is 12.4 Å². The van der Waals surface area contributed by atoms with Crippen LogP contribution in [0.1, 0.15) is 31.2 Å². The number of nitrogens with zero attached hydrogens (tertiary/aromatic N) is 3. The standard InChI is InChI=1S/C11H16ClN3/c12-7-10-8-13-11(14-9-10)15-5-3-1-2-4-6-15/h8-9H,1-7H2. The van der Waals surface area contributed by atoms with Gasteiger partial charge in [0, 0.05) is 31.0 Å². The van der Waals surface area contributed by atoms with Crippen molar-refractivity contribution in [3.05, 3.63) is 18.0 Å². The highest BCUT2D eigenvalue weighted by atomic mass is 35.5. The number of alkyl halides is 1. The Hall–Kier alpha value is -0.830. The monoisotopic (exact) mass is 225 g/mol. The highest BCUT2D eigenvalue weighted by Crippen LogP contribution is 2.15. The van der Waals surface area contributed by atoms with Crippen LogP contribution in [0.4, 0.5) is 5.95 Å². The Morgan fingerprint density at radius 2 is 1.67 bits per heavy atom. The van der Waals surface area contributed by atoms with E-state index in [-0.39, 0.29) is 0 Å². The fourth-order valence-electron chi connectivity index (χ4n) is 1.85. The fourth-order valence-corrected chi connectivity index (χ4v) is 1.99. The van der Waals surface area contributed by atoms with Gasteiger partial charge in [-0.1, -0.05) is 12.8 Å². The van der Waals surface area contributed by atoms with Crippen molar-refractivity contribution in [3.63, 3.8) is 0 Å². The summed E-state index contributed by atoms with van der Waals surface area (Å²) in [6.07, 6.45) is 8.80. The maximum atomic E-state index is 5.70. The van der Waals surface area contributed by atoms with Gasteiger partial charge >= 0.3 is 0 Å². The van der Waals surface area contributed by atoms with Gasteiger partial charge < -0.3 is 4.90 Å². The van der Waals surface area contributed by atoms with Gasteiger partial charge in [0.15, 0.2) is 0 Å². The minimum atomic E-state index is 0.486. The first-order chi connectivity index (χ1) is 7.40. The van der Waals surface area contributed by atoms with E-state index in [1.54, 1.807) is 0 Å². The van der Waals surface area contributed by atoms with E-state index in [0.29, 0.717) is 5.88 Å².